The van der Waals surface area contributed by atoms with Crippen molar-refractivity contribution in [3.8, 4) is 6.07 Å². The Morgan fingerprint density at radius 3 is 2.83 bits per heavy atom. The third-order valence-corrected chi connectivity index (χ3v) is 5.26. The fourth-order valence-corrected chi connectivity index (χ4v) is 3.83. The Morgan fingerprint density at radius 1 is 1.38 bits per heavy atom. The van der Waals surface area contributed by atoms with E-state index < -0.39 is 5.97 Å². The number of carbonyl (C=O) groups is 1. The fourth-order valence-electron chi connectivity index (χ4n) is 3.09. The molecule has 7 nitrogen and oxygen atoms in total. The molecule has 0 aliphatic carbocycles. The van der Waals surface area contributed by atoms with Gasteiger partial charge in [0, 0.05) is 35.6 Å². The zero-order valence-electron chi connectivity index (χ0n) is 16.8. The molecule has 3 aromatic heterocycles. The van der Waals surface area contributed by atoms with E-state index in [2.05, 4.69) is 23.4 Å². The number of nitriles is 1. The molecular weight excluding hydrogens is 388 g/mol. The summed E-state index contributed by atoms with van der Waals surface area (Å²) in [7, 11) is 0. The van der Waals surface area contributed by atoms with Crippen LogP contribution < -0.4 is 5.56 Å². The Balaban J connectivity index is 1.78. The number of carbonyl (C=O) groups excluding carboxylic acids is 1. The van der Waals surface area contributed by atoms with Crippen LogP contribution in [-0.4, -0.2) is 19.9 Å². The molecule has 0 N–H and O–H groups in total. The second kappa shape index (κ2) is 8.45. The summed E-state index contributed by atoms with van der Waals surface area (Å²) in [4.78, 5) is 29.2. The van der Waals surface area contributed by atoms with Gasteiger partial charge in [0.2, 0.25) is 0 Å². The molecule has 0 fully saturated rings. The van der Waals surface area contributed by atoms with Crippen LogP contribution in [0, 0.1) is 31.1 Å². The molecule has 3 heterocycles. The van der Waals surface area contributed by atoms with Crippen molar-refractivity contribution in [2.75, 3.05) is 0 Å². The number of hydrogen-bond acceptors (Lipinski definition) is 6. The van der Waals surface area contributed by atoms with Crippen LogP contribution in [0.1, 0.15) is 36.5 Å². The van der Waals surface area contributed by atoms with E-state index in [9.17, 15) is 14.9 Å². The van der Waals surface area contributed by atoms with Crippen molar-refractivity contribution < 1.29 is 9.53 Å². The highest BCUT2D eigenvalue weighted by Gasteiger charge is 2.15. The first kappa shape index (κ1) is 20.6. The zero-order chi connectivity index (χ0) is 21.1. The van der Waals surface area contributed by atoms with Crippen molar-refractivity contribution >= 4 is 28.3 Å². The van der Waals surface area contributed by atoms with Gasteiger partial charge in [-0.25, -0.2) is 9.78 Å². The number of thiazole rings is 1. The van der Waals surface area contributed by atoms with Crippen LogP contribution in [-0.2, 0) is 22.7 Å². The molecule has 0 saturated heterocycles. The zero-order valence-corrected chi connectivity index (χ0v) is 17.6. The average Bonchev–Trinajstić information content (AvgIpc) is 3.24. The molecule has 0 atom stereocenters. The molecule has 0 bridgehead atoms. The van der Waals surface area contributed by atoms with E-state index in [1.54, 1.807) is 17.7 Å². The van der Waals surface area contributed by atoms with Crippen LogP contribution in [0.3, 0.4) is 0 Å². The highest BCUT2D eigenvalue weighted by atomic mass is 32.1. The Morgan fingerprint density at radius 2 is 2.14 bits per heavy atom. The summed E-state index contributed by atoms with van der Waals surface area (Å²) in [6.07, 6.45) is 3.18. The van der Waals surface area contributed by atoms with Gasteiger partial charge in [-0.2, -0.15) is 5.26 Å². The van der Waals surface area contributed by atoms with Crippen molar-refractivity contribution in [2.45, 2.75) is 40.8 Å². The molecule has 0 spiro atoms. The number of aryl methyl sites for hydroxylation is 1. The van der Waals surface area contributed by atoms with Crippen LogP contribution in [0.5, 0.6) is 0 Å². The van der Waals surface area contributed by atoms with Gasteiger partial charge >= 0.3 is 5.97 Å². The summed E-state index contributed by atoms with van der Waals surface area (Å²) in [6.45, 7) is 8.94. The number of nitrogens with zero attached hydrogens (tertiary/aromatic N) is 4. The third kappa shape index (κ3) is 4.46. The molecule has 8 heteroatoms. The maximum atomic E-state index is 12.4. The molecular formula is C21H22N4O3S. The second-order valence-electron chi connectivity index (χ2n) is 7.22. The molecule has 0 amide bonds. The van der Waals surface area contributed by atoms with Gasteiger partial charge in [-0.15, -0.1) is 11.3 Å². The first-order chi connectivity index (χ1) is 13.8. The molecule has 3 rings (SSSR count). The molecule has 0 radical (unpaired) electrons. The number of fused-ring (bicyclic) bond motifs is 1. The monoisotopic (exact) mass is 410 g/mol. The Labute approximate surface area is 172 Å². The lowest BCUT2D eigenvalue weighted by Crippen LogP contribution is -2.15. The number of ether oxygens (including phenoxy) is 1. The predicted molar refractivity (Wildman–Crippen MR) is 111 cm³/mol. The number of rotatable bonds is 6. The van der Waals surface area contributed by atoms with E-state index in [0.717, 1.165) is 23.5 Å². The second-order valence-corrected chi connectivity index (χ2v) is 8.09. The van der Waals surface area contributed by atoms with Crippen molar-refractivity contribution in [2.24, 2.45) is 5.92 Å². The first-order valence-electron chi connectivity index (χ1n) is 9.21. The van der Waals surface area contributed by atoms with Gasteiger partial charge in [-0.1, -0.05) is 13.8 Å². The van der Waals surface area contributed by atoms with E-state index in [1.165, 1.54) is 21.8 Å². The minimum absolute atomic E-state index is 0.0938. The smallest absolute Gasteiger partial charge is 0.349 e. The average molecular weight is 410 g/mol. The van der Waals surface area contributed by atoms with Gasteiger partial charge in [0.25, 0.3) is 5.56 Å². The lowest BCUT2D eigenvalue weighted by Gasteiger charge is -2.12. The number of esters is 1. The van der Waals surface area contributed by atoms with E-state index in [-0.39, 0.29) is 17.7 Å². The highest BCUT2D eigenvalue weighted by Crippen LogP contribution is 2.20. The quantitative estimate of drug-likeness (QED) is 0.353. The maximum Gasteiger partial charge on any atom is 0.349 e. The van der Waals surface area contributed by atoms with Crippen LogP contribution >= 0.6 is 11.3 Å². The van der Waals surface area contributed by atoms with Gasteiger partial charge in [0.1, 0.15) is 18.2 Å². The first-order valence-corrected chi connectivity index (χ1v) is 10.1. The number of hydrogen-bond donors (Lipinski definition) is 0. The Kier molecular flexibility index (Phi) is 5.99. The molecule has 3 aromatic rings. The van der Waals surface area contributed by atoms with Crippen molar-refractivity contribution in [1.82, 2.24) is 14.0 Å². The van der Waals surface area contributed by atoms with E-state index >= 15 is 0 Å². The van der Waals surface area contributed by atoms with Gasteiger partial charge in [-0.3, -0.25) is 9.20 Å². The normalized spacial score (nSPS) is 11.8. The maximum absolute atomic E-state index is 12.4. The van der Waals surface area contributed by atoms with Crippen molar-refractivity contribution in [1.29, 1.82) is 5.26 Å². The summed E-state index contributed by atoms with van der Waals surface area (Å²) in [5.41, 5.74) is 2.89. The van der Waals surface area contributed by atoms with Crippen molar-refractivity contribution in [3.05, 3.63) is 62.3 Å². The third-order valence-electron chi connectivity index (χ3n) is 4.51. The molecule has 0 saturated carbocycles. The number of aromatic nitrogens is 3. The molecule has 0 aliphatic rings. The summed E-state index contributed by atoms with van der Waals surface area (Å²) in [6, 6.07) is 5.19. The van der Waals surface area contributed by atoms with Gasteiger partial charge < -0.3 is 9.30 Å². The van der Waals surface area contributed by atoms with Crippen molar-refractivity contribution in [3.63, 3.8) is 0 Å². The SMILES string of the molecule is Cc1cc(C=C(C#N)C(=O)OCc2cc(=O)n3ccsc3n2)c(C)n1CC(C)C. The summed E-state index contributed by atoms with van der Waals surface area (Å²) in [5.74, 6) is -0.261. The highest BCUT2D eigenvalue weighted by molar-refractivity contribution is 7.15. The largest absolute Gasteiger partial charge is 0.455 e. The minimum atomic E-state index is -0.741. The van der Waals surface area contributed by atoms with Crippen LogP contribution in [0.2, 0.25) is 0 Å². The molecule has 0 aliphatic heterocycles. The molecule has 150 valence electrons. The van der Waals surface area contributed by atoms with Crippen LogP contribution in [0.15, 0.2) is 34.1 Å². The lowest BCUT2D eigenvalue weighted by atomic mass is 10.1. The topological polar surface area (TPSA) is 89.4 Å². The molecule has 0 aromatic carbocycles. The van der Waals surface area contributed by atoms with Crippen LogP contribution in [0.25, 0.3) is 11.0 Å². The molecule has 0 unspecified atom stereocenters. The molecule has 29 heavy (non-hydrogen) atoms. The van der Waals surface area contributed by atoms with E-state index in [1.807, 2.05) is 26.0 Å². The van der Waals surface area contributed by atoms with Gasteiger partial charge in [0.15, 0.2) is 4.96 Å². The van der Waals surface area contributed by atoms with E-state index in [0.29, 0.717) is 16.6 Å². The van der Waals surface area contributed by atoms with Crippen LogP contribution in [0.4, 0.5) is 0 Å². The van der Waals surface area contributed by atoms with Gasteiger partial charge in [-0.05, 0) is 37.5 Å². The Hall–Kier alpha value is -3.18. The van der Waals surface area contributed by atoms with Gasteiger partial charge in [0.05, 0.1) is 5.69 Å². The fraction of sp³-hybridized carbons (Fsp3) is 0.333. The summed E-state index contributed by atoms with van der Waals surface area (Å²) < 4.78 is 8.82. The Bertz CT molecular complexity index is 1190. The lowest BCUT2D eigenvalue weighted by molar-refractivity contribution is -0.139. The summed E-state index contributed by atoms with van der Waals surface area (Å²) >= 11 is 1.32. The summed E-state index contributed by atoms with van der Waals surface area (Å²) in [5, 5.41) is 11.2. The van der Waals surface area contributed by atoms with E-state index in [4.69, 9.17) is 4.74 Å². The standard InChI is InChI=1S/C21H22N4O3S/c1-13(2)11-25-14(3)7-16(15(25)4)8-17(10-22)20(27)28-12-18-9-19(26)24-5-6-29-21(24)23-18/h5-9,13H,11-12H2,1-4H3. The minimum Gasteiger partial charge on any atom is -0.455 e. The predicted octanol–water partition coefficient (Wildman–Crippen LogP) is 3.48.